The number of carbonyl (C=O) groups excluding carboxylic acids is 2. The van der Waals surface area contributed by atoms with Crippen LogP contribution in [0.5, 0.6) is 0 Å². The Kier molecular flexibility index (Phi) is 2.82. The largest absolute Gasteiger partial charge is 0.335 e. The number of hydrogen-bond acceptors (Lipinski definition) is 4. The molecule has 0 spiro atoms. The molecule has 0 aromatic heterocycles. The summed E-state index contributed by atoms with van der Waals surface area (Å²) in [5, 5.41) is 0.693. The molecular weight excluding hydrogens is 192 g/mol. The Bertz CT molecular complexity index is 212. The van der Waals surface area contributed by atoms with Gasteiger partial charge in [-0.25, -0.2) is 10.2 Å². The van der Waals surface area contributed by atoms with E-state index in [9.17, 15) is 18.4 Å². The highest BCUT2D eigenvalue weighted by Crippen LogP contribution is 2.18. The first-order valence-electron chi connectivity index (χ1n) is 2.89. The van der Waals surface area contributed by atoms with Gasteiger partial charge in [-0.2, -0.15) is 8.78 Å². The Morgan fingerprint density at radius 3 is 2.58 bits per heavy atom. The number of amides is 3. The van der Waals surface area contributed by atoms with Crippen LogP contribution < -0.4 is 16.2 Å². The van der Waals surface area contributed by atoms with Crippen LogP contribution in [0.4, 0.5) is 13.6 Å². The molecule has 0 saturated carbocycles. The van der Waals surface area contributed by atoms with Gasteiger partial charge in [0.2, 0.25) is 0 Å². The number of rotatable bonds is 2. The number of nitrogens with one attached hydrogen (secondary N) is 3. The van der Waals surface area contributed by atoms with Gasteiger partial charge in [0.15, 0.2) is 5.37 Å². The summed E-state index contributed by atoms with van der Waals surface area (Å²) >= 11 is 0.114. The number of alkyl halides is 2. The minimum atomic E-state index is -2.66. The number of imide groups is 1. The van der Waals surface area contributed by atoms with Gasteiger partial charge >= 0.3 is 6.03 Å². The van der Waals surface area contributed by atoms with E-state index in [-0.39, 0.29) is 11.8 Å². The molecule has 1 saturated heterocycles. The second-order valence-corrected chi connectivity index (χ2v) is 2.96. The molecule has 5 nitrogen and oxygen atoms in total. The fraction of sp³-hybridized carbons (Fsp3) is 0.500. The zero-order valence-electron chi connectivity index (χ0n) is 5.64. The summed E-state index contributed by atoms with van der Waals surface area (Å²) in [6.45, 7) is 0. The molecule has 1 fully saturated rings. The van der Waals surface area contributed by atoms with Crippen LogP contribution in [0, 0.1) is 0 Å². The molecule has 3 amide bonds. The van der Waals surface area contributed by atoms with Crippen LogP contribution in [-0.2, 0) is 4.79 Å². The molecule has 1 aliphatic rings. The maximum atomic E-state index is 11.7. The fourth-order valence-corrected chi connectivity index (χ4v) is 1.12. The van der Waals surface area contributed by atoms with E-state index < -0.39 is 23.1 Å². The summed E-state index contributed by atoms with van der Waals surface area (Å²) in [7, 11) is 0. The van der Waals surface area contributed by atoms with Crippen molar-refractivity contribution >= 4 is 23.7 Å². The van der Waals surface area contributed by atoms with Gasteiger partial charge in [-0.1, -0.05) is 11.8 Å². The minimum absolute atomic E-state index is 0.114. The van der Waals surface area contributed by atoms with Crippen molar-refractivity contribution in [1.82, 2.24) is 16.2 Å². The first-order valence-corrected chi connectivity index (χ1v) is 3.84. The third-order valence-electron chi connectivity index (χ3n) is 1.03. The third kappa shape index (κ3) is 2.31. The van der Waals surface area contributed by atoms with Crippen LogP contribution in [0.3, 0.4) is 0 Å². The van der Waals surface area contributed by atoms with Gasteiger partial charge in [0.25, 0.3) is 11.7 Å². The number of carbonyl (C=O) groups is 2. The van der Waals surface area contributed by atoms with Gasteiger partial charge < -0.3 is 0 Å². The van der Waals surface area contributed by atoms with Gasteiger partial charge in [0.1, 0.15) is 0 Å². The average Bonchev–Trinajstić information content (AvgIpc) is 1.94. The molecule has 68 valence electrons. The van der Waals surface area contributed by atoms with Crippen LogP contribution in [0.1, 0.15) is 0 Å². The predicted molar refractivity (Wildman–Crippen MR) is 37.2 cm³/mol. The van der Waals surface area contributed by atoms with Crippen molar-refractivity contribution in [3.8, 4) is 0 Å². The second-order valence-electron chi connectivity index (χ2n) is 1.86. The number of halogens is 2. The Morgan fingerprint density at radius 1 is 1.42 bits per heavy atom. The van der Waals surface area contributed by atoms with E-state index in [0.29, 0.717) is 0 Å². The summed E-state index contributed by atoms with van der Waals surface area (Å²) in [4.78, 5) is 21.2. The lowest BCUT2D eigenvalue weighted by molar-refractivity contribution is -0.121. The predicted octanol–water partition coefficient (Wildman–Crippen LogP) is -0.388. The minimum Gasteiger partial charge on any atom is -0.275 e. The molecule has 12 heavy (non-hydrogen) atoms. The van der Waals surface area contributed by atoms with E-state index in [1.54, 1.807) is 0 Å². The van der Waals surface area contributed by atoms with Crippen molar-refractivity contribution in [2.24, 2.45) is 0 Å². The summed E-state index contributed by atoms with van der Waals surface area (Å²) in [5.41, 5.74) is 4.11. The quantitative estimate of drug-likeness (QED) is 0.564. The second kappa shape index (κ2) is 3.68. The summed E-state index contributed by atoms with van der Waals surface area (Å²) < 4.78 is 23.4. The Labute approximate surface area is 70.2 Å². The summed E-state index contributed by atoms with van der Waals surface area (Å²) in [5.74, 6) is -3.44. The number of thioether (sulfide) groups is 1. The lowest BCUT2D eigenvalue weighted by Crippen LogP contribution is -2.61. The van der Waals surface area contributed by atoms with E-state index in [1.165, 1.54) is 0 Å². The molecule has 1 rings (SSSR count). The molecule has 0 aromatic carbocycles. The fourth-order valence-electron chi connectivity index (χ4n) is 0.604. The lowest BCUT2D eigenvalue weighted by Gasteiger charge is -2.22. The highest BCUT2D eigenvalue weighted by atomic mass is 32.2. The molecule has 0 aliphatic carbocycles. The van der Waals surface area contributed by atoms with Crippen LogP contribution in [0.2, 0.25) is 0 Å². The molecule has 0 radical (unpaired) electrons. The van der Waals surface area contributed by atoms with Gasteiger partial charge in [-0.15, -0.1) is 0 Å². The lowest BCUT2D eigenvalue weighted by atomic mass is 10.5. The first kappa shape index (κ1) is 9.20. The van der Waals surface area contributed by atoms with Crippen molar-refractivity contribution in [3.05, 3.63) is 0 Å². The van der Waals surface area contributed by atoms with Gasteiger partial charge in [-0.3, -0.25) is 15.5 Å². The van der Waals surface area contributed by atoms with E-state index in [1.807, 2.05) is 10.7 Å². The maximum absolute atomic E-state index is 11.7. The molecule has 8 heteroatoms. The highest BCUT2D eigenvalue weighted by Gasteiger charge is 2.28. The Hall–Kier alpha value is -0.890. The third-order valence-corrected chi connectivity index (χ3v) is 1.84. The molecule has 0 aromatic rings. The number of hydrazine groups is 1. The smallest absolute Gasteiger partial charge is 0.275 e. The summed E-state index contributed by atoms with van der Waals surface area (Å²) in [6, 6.07) is -0.744. The zero-order valence-corrected chi connectivity index (χ0v) is 6.45. The van der Waals surface area contributed by atoms with Crippen molar-refractivity contribution in [2.45, 2.75) is 11.1 Å². The van der Waals surface area contributed by atoms with Gasteiger partial charge in [0.05, 0.1) is 0 Å². The molecule has 1 atom stereocenters. The van der Waals surface area contributed by atoms with Gasteiger partial charge in [0, 0.05) is 0 Å². The summed E-state index contributed by atoms with van der Waals surface area (Å²) in [6.07, 6.45) is 0. The normalized spacial score (nSPS) is 23.8. The topological polar surface area (TPSA) is 70.2 Å². The Morgan fingerprint density at radius 2 is 2.08 bits per heavy atom. The SMILES string of the molecule is O=C1NNC(SC(F)F)C(=O)N1. The zero-order chi connectivity index (χ0) is 9.14. The number of urea groups is 1. The van der Waals surface area contributed by atoms with E-state index in [2.05, 4.69) is 5.43 Å². The Balaban J connectivity index is 2.45. The monoisotopic (exact) mass is 197 g/mol. The number of hydrogen-bond donors (Lipinski definition) is 3. The van der Waals surface area contributed by atoms with Crippen molar-refractivity contribution < 1.29 is 18.4 Å². The standard InChI is InChI=1S/C4H5F2N3O2S/c5-3(6)12-2-1(10)7-4(11)9-8-2/h2-3,8H,(H2,7,9,10,11). The molecule has 3 N–H and O–H groups in total. The molecule has 0 bridgehead atoms. The van der Waals surface area contributed by atoms with Crippen molar-refractivity contribution in [2.75, 3.05) is 0 Å². The molecule has 1 aliphatic heterocycles. The van der Waals surface area contributed by atoms with Crippen LogP contribution in [0.25, 0.3) is 0 Å². The average molecular weight is 197 g/mol. The highest BCUT2D eigenvalue weighted by molar-refractivity contribution is 8.00. The first-order chi connectivity index (χ1) is 5.59. The van der Waals surface area contributed by atoms with Crippen LogP contribution >= 0.6 is 11.8 Å². The van der Waals surface area contributed by atoms with Crippen molar-refractivity contribution in [1.29, 1.82) is 0 Å². The van der Waals surface area contributed by atoms with E-state index in [0.717, 1.165) is 0 Å². The van der Waals surface area contributed by atoms with Crippen molar-refractivity contribution in [3.63, 3.8) is 0 Å². The maximum Gasteiger partial charge on any atom is 0.335 e. The molecular formula is C4H5F2N3O2S. The van der Waals surface area contributed by atoms with Gasteiger partial charge in [-0.05, 0) is 0 Å². The molecule has 1 heterocycles. The molecule has 1 unspecified atom stereocenters. The van der Waals surface area contributed by atoms with E-state index >= 15 is 0 Å². The van der Waals surface area contributed by atoms with E-state index in [4.69, 9.17) is 0 Å². The van der Waals surface area contributed by atoms with Crippen LogP contribution in [0.15, 0.2) is 0 Å². The van der Waals surface area contributed by atoms with Crippen LogP contribution in [-0.4, -0.2) is 23.1 Å².